The minimum atomic E-state index is 0.0576. The molecule has 1 saturated heterocycles. The molecular weight excluding hydrogens is 355 g/mol. The van der Waals surface area contributed by atoms with Crippen LogP contribution in [-0.2, 0) is 4.79 Å². The number of halogens is 2. The van der Waals surface area contributed by atoms with Crippen LogP contribution in [0.4, 0.5) is 0 Å². The van der Waals surface area contributed by atoms with Crippen LogP contribution in [0.1, 0.15) is 44.1 Å². The molecule has 1 aliphatic heterocycles. The summed E-state index contributed by atoms with van der Waals surface area (Å²) in [5.41, 5.74) is 0.885. The van der Waals surface area contributed by atoms with Gasteiger partial charge in [-0.1, -0.05) is 42.1 Å². The minimum absolute atomic E-state index is 0.0576. The summed E-state index contributed by atoms with van der Waals surface area (Å²) in [5, 5.41) is 1.03. The highest BCUT2D eigenvalue weighted by molar-refractivity contribution is 6.42. The summed E-state index contributed by atoms with van der Waals surface area (Å²) in [7, 11) is 1.95. The van der Waals surface area contributed by atoms with E-state index in [0.717, 1.165) is 12.0 Å². The molecule has 5 heteroatoms. The average molecular weight is 381 g/mol. The molecule has 1 saturated carbocycles. The van der Waals surface area contributed by atoms with Crippen LogP contribution in [0.5, 0.6) is 0 Å². The van der Waals surface area contributed by atoms with Gasteiger partial charge in [-0.2, -0.15) is 0 Å². The summed E-state index contributed by atoms with van der Waals surface area (Å²) < 4.78 is 0. The Kier molecular flexibility index (Phi) is 6.43. The first-order valence-electron chi connectivity index (χ1n) is 9.20. The highest BCUT2D eigenvalue weighted by Crippen LogP contribution is 2.29. The predicted octanol–water partition coefficient (Wildman–Crippen LogP) is 4.87. The molecule has 0 bridgehead atoms. The molecule has 3 nitrogen and oxygen atoms in total. The van der Waals surface area contributed by atoms with E-state index in [0.29, 0.717) is 22.1 Å². The van der Waals surface area contributed by atoms with Gasteiger partial charge in [0.2, 0.25) is 5.91 Å². The molecule has 1 aromatic carbocycles. The van der Waals surface area contributed by atoms with E-state index in [1.807, 2.05) is 24.1 Å². The smallest absolute Gasteiger partial charge is 0.246 e. The van der Waals surface area contributed by atoms with Gasteiger partial charge in [0.15, 0.2) is 0 Å². The van der Waals surface area contributed by atoms with E-state index in [4.69, 9.17) is 23.2 Å². The number of benzene rings is 1. The van der Waals surface area contributed by atoms with Gasteiger partial charge in [0.25, 0.3) is 0 Å². The molecule has 0 aromatic heterocycles. The molecule has 0 unspecified atom stereocenters. The van der Waals surface area contributed by atoms with Gasteiger partial charge in [-0.25, -0.2) is 0 Å². The van der Waals surface area contributed by atoms with Gasteiger partial charge in [0, 0.05) is 25.2 Å². The third-order valence-electron chi connectivity index (χ3n) is 5.51. The standard InChI is InChI=1S/C20H26Cl2N2O/c1-23(18-6-2-3-7-19(18)24-12-4-5-13-24)20(25)11-9-15-8-10-16(21)17(22)14-15/h8-11,14,18-19H,2-7,12-13H2,1H3/b11-9+/t18-,19-/m0/s1. The van der Waals surface area contributed by atoms with E-state index in [1.54, 1.807) is 18.2 Å². The number of hydrogen-bond acceptors (Lipinski definition) is 2. The number of amides is 1. The van der Waals surface area contributed by atoms with E-state index in [2.05, 4.69) is 4.90 Å². The molecule has 0 spiro atoms. The second kappa shape index (κ2) is 8.57. The summed E-state index contributed by atoms with van der Waals surface area (Å²) in [6.07, 6.45) is 10.8. The molecule has 0 radical (unpaired) electrons. The molecule has 3 rings (SSSR count). The largest absolute Gasteiger partial charge is 0.338 e. The van der Waals surface area contributed by atoms with Crippen molar-refractivity contribution in [2.75, 3.05) is 20.1 Å². The van der Waals surface area contributed by atoms with Gasteiger partial charge in [-0.3, -0.25) is 9.69 Å². The predicted molar refractivity (Wildman–Crippen MR) is 105 cm³/mol. The lowest BCUT2D eigenvalue weighted by Gasteiger charge is -2.42. The fourth-order valence-corrected chi connectivity index (χ4v) is 4.41. The first kappa shape index (κ1) is 18.8. The minimum Gasteiger partial charge on any atom is -0.338 e. The van der Waals surface area contributed by atoms with Crippen molar-refractivity contribution in [2.45, 2.75) is 50.6 Å². The maximum atomic E-state index is 12.7. The first-order chi connectivity index (χ1) is 12.1. The van der Waals surface area contributed by atoms with Crippen molar-refractivity contribution >= 4 is 35.2 Å². The van der Waals surface area contributed by atoms with Crippen molar-refractivity contribution in [3.63, 3.8) is 0 Å². The number of nitrogens with zero attached hydrogens (tertiary/aromatic N) is 2. The third-order valence-corrected chi connectivity index (χ3v) is 6.25. The number of carbonyl (C=O) groups is 1. The van der Waals surface area contributed by atoms with Crippen molar-refractivity contribution in [3.05, 3.63) is 39.9 Å². The molecule has 0 N–H and O–H groups in total. The zero-order valence-electron chi connectivity index (χ0n) is 14.8. The average Bonchev–Trinajstić information content (AvgIpc) is 3.16. The van der Waals surface area contributed by atoms with E-state index < -0.39 is 0 Å². The Morgan fingerprint density at radius 1 is 1.12 bits per heavy atom. The number of carbonyl (C=O) groups excluding carboxylic acids is 1. The van der Waals surface area contributed by atoms with E-state index in [-0.39, 0.29) is 5.91 Å². The SMILES string of the molecule is CN(C(=O)/C=C/c1ccc(Cl)c(Cl)c1)[C@H]1CCCC[C@@H]1N1CCCC1. The first-order valence-corrected chi connectivity index (χ1v) is 9.96. The van der Waals surface area contributed by atoms with Crippen LogP contribution in [-0.4, -0.2) is 47.9 Å². The Balaban J connectivity index is 1.67. The Morgan fingerprint density at radius 2 is 1.84 bits per heavy atom. The van der Waals surface area contributed by atoms with Crippen LogP contribution in [0.3, 0.4) is 0 Å². The van der Waals surface area contributed by atoms with E-state index in [1.165, 1.54) is 45.2 Å². The lowest BCUT2D eigenvalue weighted by Crippen LogP contribution is -2.52. The molecule has 136 valence electrons. The lowest BCUT2D eigenvalue weighted by molar-refractivity contribution is -0.128. The summed E-state index contributed by atoms with van der Waals surface area (Å²) >= 11 is 12.0. The maximum Gasteiger partial charge on any atom is 0.246 e. The molecule has 1 aliphatic carbocycles. The Labute approximate surface area is 160 Å². The Hall–Kier alpha value is -1.03. The lowest BCUT2D eigenvalue weighted by atomic mass is 9.88. The van der Waals surface area contributed by atoms with Crippen LogP contribution in [0.2, 0.25) is 10.0 Å². The fraction of sp³-hybridized carbons (Fsp3) is 0.550. The Morgan fingerprint density at radius 3 is 2.56 bits per heavy atom. The molecule has 2 fully saturated rings. The van der Waals surface area contributed by atoms with Crippen molar-refractivity contribution < 1.29 is 4.79 Å². The van der Waals surface area contributed by atoms with Crippen molar-refractivity contribution in [1.29, 1.82) is 0 Å². The van der Waals surface area contributed by atoms with Gasteiger partial charge in [0.1, 0.15) is 0 Å². The third kappa shape index (κ3) is 4.58. The van der Waals surface area contributed by atoms with Gasteiger partial charge in [-0.15, -0.1) is 0 Å². The molecule has 25 heavy (non-hydrogen) atoms. The van der Waals surface area contributed by atoms with Crippen LogP contribution >= 0.6 is 23.2 Å². The maximum absolute atomic E-state index is 12.7. The quantitative estimate of drug-likeness (QED) is 0.695. The van der Waals surface area contributed by atoms with Crippen LogP contribution < -0.4 is 0 Å². The highest BCUT2D eigenvalue weighted by atomic mass is 35.5. The van der Waals surface area contributed by atoms with Crippen molar-refractivity contribution in [1.82, 2.24) is 9.80 Å². The van der Waals surface area contributed by atoms with Gasteiger partial charge >= 0.3 is 0 Å². The van der Waals surface area contributed by atoms with E-state index in [9.17, 15) is 4.79 Å². The number of hydrogen-bond donors (Lipinski definition) is 0. The monoisotopic (exact) mass is 380 g/mol. The fourth-order valence-electron chi connectivity index (χ4n) is 4.11. The number of likely N-dealkylation sites (tertiary alicyclic amines) is 1. The molecule has 2 atom stereocenters. The molecule has 2 aliphatic rings. The van der Waals surface area contributed by atoms with Gasteiger partial charge in [0.05, 0.1) is 10.0 Å². The summed E-state index contributed by atoms with van der Waals surface area (Å²) in [6.45, 7) is 2.37. The Bertz CT molecular complexity index is 641. The van der Waals surface area contributed by atoms with Gasteiger partial charge in [-0.05, 0) is 62.5 Å². The molecular formula is C20H26Cl2N2O. The second-order valence-corrected chi connectivity index (χ2v) is 7.93. The highest BCUT2D eigenvalue weighted by Gasteiger charge is 2.34. The van der Waals surface area contributed by atoms with Gasteiger partial charge < -0.3 is 4.90 Å². The summed E-state index contributed by atoms with van der Waals surface area (Å²) in [5.74, 6) is 0.0576. The summed E-state index contributed by atoms with van der Waals surface area (Å²) in [4.78, 5) is 17.2. The molecule has 1 amide bonds. The summed E-state index contributed by atoms with van der Waals surface area (Å²) in [6, 6.07) is 6.23. The normalized spacial score (nSPS) is 24.8. The number of rotatable bonds is 4. The van der Waals surface area contributed by atoms with Crippen LogP contribution in [0, 0.1) is 0 Å². The van der Waals surface area contributed by atoms with Crippen LogP contribution in [0.25, 0.3) is 6.08 Å². The van der Waals surface area contributed by atoms with Crippen molar-refractivity contribution in [3.8, 4) is 0 Å². The molecule has 1 aromatic rings. The number of likely N-dealkylation sites (N-methyl/N-ethyl adjacent to an activating group) is 1. The van der Waals surface area contributed by atoms with E-state index >= 15 is 0 Å². The van der Waals surface area contributed by atoms with Crippen molar-refractivity contribution in [2.24, 2.45) is 0 Å². The zero-order chi connectivity index (χ0) is 17.8. The topological polar surface area (TPSA) is 23.6 Å². The zero-order valence-corrected chi connectivity index (χ0v) is 16.3. The van der Waals surface area contributed by atoms with Crippen LogP contribution in [0.15, 0.2) is 24.3 Å². The molecule has 1 heterocycles. The second-order valence-electron chi connectivity index (χ2n) is 7.12.